The monoisotopic (exact) mass is 125 g/mol. The molecule has 0 radical (unpaired) electrons. The third-order valence-electron chi connectivity index (χ3n) is 0.466. The van der Waals surface area contributed by atoms with E-state index in [1.54, 1.807) is 0 Å². The Morgan fingerprint density at radius 3 is 1.88 bits per heavy atom. The van der Waals surface area contributed by atoms with Gasteiger partial charge in [0.15, 0.2) is 0 Å². The fourth-order valence-electron chi connectivity index (χ4n) is 0.301. The Kier molecular flexibility index (Phi) is 2.01. The zero-order chi connectivity index (χ0) is 6.78. The van der Waals surface area contributed by atoms with Crippen LogP contribution in [0.5, 0.6) is 0 Å². The SMILES string of the molecule is CC(=N)CC(F)(F)F. The van der Waals surface area contributed by atoms with Crippen LogP contribution in [0, 0.1) is 5.41 Å². The lowest BCUT2D eigenvalue weighted by atomic mass is 10.3. The summed E-state index contributed by atoms with van der Waals surface area (Å²) in [7, 11) is 0. The summed E-state index contributed by atoms with van der Waals surface area (Å²) in [6.45, 7) is 1.13. The fourth-order valence-corrected chi connectivity index (χ4v) is 0.301. The minimum atomic E-state index is -4.20. The van der Waals surface area contributed by atoms with Gasteiger partial charge in [-0.3, -0.25) is 0 Å². The Hall–Kier alpha value is -0.540. The molecule has 8 heavy (non-hydrogen) atoms. The van der Waals surface area contributed by atoms with Gasteiger partial charge in [0, 0.05) is 5.71 Å². The van der Waals surface area contributed by atoms with Crippen molar-refractivity contribution in [2.45, 2.75) is 19.5 Å². The van der Waals surface area contributed by atoms with E-state index in [1.807, 2.05) is 0 Å². The van der Waals surface area contributed by atoms with E-state index in [0.717, 1.165) is 6.92 Å². The molecule has 0 heterocycles. The van der Waals surface area contributed by atoms with Crippen LogP contribution in [-0.2, 0) is 0 Å². The van der Waals surface area contributed by atoms with E-state index in [2.05, 4.69) is 0 Å². The Balaban J connectivity index is 3.55. The summed E-state index contributed by atoms with van der Waals surface area (Å²) in [5, 5.41) is 6.43. The minimum Gasteiger partial charge on any atom is -0.310 e. The average Bonchev–Trinajstić information content (AvgIpc) is 1.21. The van der Waals surface area contributed by atoms with Crippen LogP contribution >= 0.6 is 0 Å². The maximum Gasteiger partial charge on any atom is 0.394 e. The van der Waals surface area contributed by atoms with Crippen molar-refractivity contribution >= 4 is 5.71 Å². The van der Waals surface area contributed by atoms with E-state index >= 15 is 0 Å². The van der Waals surface area contributed by atoms with Gasteiger partial charge in [-0.15, -0.1) is 0 Å². The van der Waals surface area contributed by atoms with E-state index in [9.17, 15) is 13.2 Å². The van der Waals surface area contributed by atoms with Crippen molar-refractivity contribution in [1.82, 2.24) is 0 Å². The molecule has 4 heteroatoms. The molecule has 1 N–H and O–H groups in total. The highest BCUT2D eigenvalue weighted by Gasteiger charge is 2.27. The van der Waals surface area contributed by atoms with Crippen molar-refractivity contribution in [3.05, 3.63) is 0 Å². The predicted molar refractivity (Wildman–Crippen MR) is 24.1 cm³/mol. The van der Waals surface area contributed by atoms with Crippen LogP contribution in [0.2, 0.25) is 0 Å². The van der Waals surface area contributed by atoms with Gasteiger partial charge in [-0.1, -0.05) is 0 Å². The second-order valence-electron chi connectivity index (χ2n) is 1.57. The van der Waals surface area contributed by atoms with E-state index in [-0.39, 0.29) is 5.71 Å². The van der Waals surface area contributed by atoms with Crippen molar-refractivity contribution in [2.75, 3.05) is 0 Å². The molecule has 0 amide bonds. The molecule has 0 aromatic heterocycles. The molecule has 0 aromatic carbocycles. The molecule has 0 saturated heterocycles. The van der Waals surface area contributed by atoms with Crippen LogP contribution in [-0.4, -0.2) is 11.9 Å². The Morgan fingerprint density at radius 1 is 1.50 bits per heavy atom. The van der Waals surface area contributed by atoms with Crippen LogP contribution in [0.4, 0.5) is 13.2 Å². The number of hydrogen-bond acceptors (Lipinski definition) is 1. The van der Waals surface area contributed by atoms with Gasteiger partial charge in [-0.25, -0.2) is 0 Å². The second kappa shape index (κ2) is 2.15. The summed E-state index contributed by atoms with van der Waals surface area (Å²) in [6.07, 6.45) is -5.29. The Morgan fingerprint density at radius 2 is 1.88 bits per heavy atom. The summed E-state index contributed by atoms with van der Waals surface area (Å²) >= 11 is 0. The van der Waals surface area contributed by atoms with Crippen molar-refractivity contribution < 1.29 is 13.2 Å². The highest BCUT2D eigenvalue weighted by atomic mass is 19.4. The third kappa shape index (κ3) is 5.46. The maximum atomic E-state index is 11.2. The van der Waals surface area contributed by atoms with Gasteiger partial charge in [-0.2, -0.15) is 13.2 Å². The molecule has 0 fully saturated rings. The zero-order valence-electron chi connectivity index (χ0n) is 4.34. The van der Waals surface area contributed by atoms with Crippen LogP contribution in [0.3, 0.4) is 0 Å². The normalized spacial score (nSPS) is 11.5. The van der Waals surface area contributed by atoms with Crippen molar-refractivity contribution in [3.8, 4) is 0 Å². The Labute approximate surface area is 45.0 Å². The zero-order valence-corrected chi connectivity index (χ0v) is 4.34. The van der Waals surface area contributed by atoms with E-state index in [4.69, 9.17) is 5.41 Å². The molecular weight excluding hydrogens is 119 g/mol. The van der Waals surface area contributed by atoms with Gasteiger partial charge in [0.2, 0.25) is 0 Å². The summed E-state index contributed by atoms with van der Waals surface area (Å²) in [4.78, 5) is 0. The molecule has 48 valence electrons. The topological polar surface area (TPSA) is 23.9 Å². The standard InChI is InChI=1S/C4H6F3N/c1-3(8)2-4(5,6)7/h8H,2H2,1H3. The van der Waals surface area contributed by atoms with Crippen molar-refractivity contribution in [3.63, 3.8) is 0 Å². The summed E-state index contributed by atoms with van der Waals surface area (Å²) < 4.78 is 33.5. The van der Waals surface area contributed by atoms with Gasteiger partial charge in [0.25, 0.3) is 0 Å². The fraction of sp³-hybridized carbons (Fsp3) is 0.750. The maximum absolute atomic E-state index is 11.2. The quantitative estimate of drug-likeness (QED) is 0.518. The summed E-state index contributed by atoms with van der Waals surface area (Å²) in [6, 6.07) is 0. The molecule has 0 unspecified atom stereocenters. The number of rotatable bonds is 1. The number of hydrogen-bond donors (Lipinski definition) is 1. The molecular formula is C4H6F3N. The van der Waals surface area contributed by atoms with E-state index in [0.29, 0.717) is 0 Å². The molecule has 1 nitrogen and oxygen atoms in total. The summed E-state index contributed by atoms with van der Waals surface area (Å²) in [5.74, 6) is 0. The minimum absolute atomic E-state index is 0.350. The van der Waals surface area contributed by atoms with E-state index < -0.39 is 12.6 Å². The third-order valence-corrected chi connectivity index (χ3v) is 0.466. The van der Waals surface area contributed by atoms with Gasteiger partial charge in [0.1, 0.15) is 0 Å². The van der Waals surface area contributed by atoms with Crippen LogP contribution in [0.25, 0.3) is 0 Å². The molecule has 0 rings (SSSR count). The largest absolute Gasteiger partial charge is 0.394 e. The molecule has 0 aliphatic carbocycles. The number of nitrogens with one attached hydrogen (secondary N) is 1. The molecule has 0 aromatic rings. The van der Waals surface area contributed by atoms with Crippen molar-refractivity contribution in [2.24, 2.45) is 0 Å². The van der Waals surface area contributed by atoms with Crippen LogP contribution in [0.1, 0.15) is 13.3 Å². The second-order valence-corrected chi connectivity index (χ2v) is 1.57. The van der Waals surface area contributed by atoms with Gasteiger partial charge in [-0.05, 0) is 6.92 Å². The van der Waals surface area contributed by atoms with E-state index in [1.165, 1.54) is 0 Å². The lowest BCUT2D eigenvalue weighted by Crippen LogP contribution is -2.11. The first-order chi connectivity index (χ1) is 3.42. The first-order valence-corrected chi connectivity index (χ1v) is 2.02. The number of alkyl halides is 3. The summed E-state index contributed by atoms with van der Waals surface area (Å²) in [5.41, 5.74) is -0.350. The van der Waals surface area contributed by atoms with Crippen LogP contribution < -0.4 is 0 Å². The molecule has 0 bridgehead atoms. The lowest BCUT2D eigenvalue weighted by Gasteiger charge is -2.01. The average molecular weight is 125 g/mol. The molecule has 0 spiro atoms. The van der Waals surface area contributed by atoms with Gasteiger partial charge < -0.3 is 5.41 Å². The van der Waals surface area contributed by atoms with Gasteiger partial charge >= 0.3 is 6.18 Å². The lowest BCUT2D eigenvalue weighted by molar-refractivity contribution is -0.121. The predicted octanol–water partition coefficient (Wildman–Crippen LogP) is 1.98. The van der Waals surface area contributed by atoms with Crippen molar-refractivity contribution in [1.29, 1.82) is 5.41 Å². The molecule has 0 aliphatic rings. The highest BCUT2D eigenvalue weighted by molar-refractivity contribution is 5.79. The Bertz CT molecular complexity index is 93.9. The first kappa shape index (κ1) is 7.46. The smallest absolute Gasteiger partial charge is 0.310 e. The molecule has 0 aliphatic heterocycles. The number of halogens is 3. The first-order valence-electron chi connectivity index (χ1n) is 2.02. The molecule has 0 saturated carbocycles. The highest BCUT2D eigenvalue weighted by Crippen LogP contribution is 2.19. The van der Waals surface area contributed by atoms with Crippen LogP contribution in [0.15, 0.2) is 0 Å². The van der Waals surface area contributed by atoms with Gasteiger partial charge in [0.05, 0.1) is 6.42 Å². The molecule has 0 atom stereocenters.